The van der Waals surface area contributed by atoms with E-state index in [1.807, 2.05) is 19.2 Å². The number of piperidine rings is 1. The second-order valence-corrected chi connectivity index (χ2v) is 8.16. The molecule has 0 aromatic heterocycles. The summed E-state index contributed by atoms with van der Waals surface area (Å²) in [4.78, 5) is 28.9. The van der Waals surface area contributed by atoms with E-state index in [1.54, 1.807) is 36.3 Å². The summed E-state index contributed by atoms with van der Waals surface area (Å²) in [6.45, 7) is 3.82. The van der Waals surface area contributed by atoms with E-state index in [4.69, 9.17) is 9.47 Å². The quantitative estimate of drug-likeness (QED) is 0.607. The van der Waals surface area contributed by atoms with Crippen molar-refractivity contribution in [2.24, 2.45) is 5.92 Å². The fourth-order valence-electron chi connectivity index (χ4n) is 4.17. The molecule has 1 amide bonds. The standard InChI is InChI=1S/C25H32N2O4/c1-26(24(28)21-7-4-8-22(16-21)25(29)31-3)17-20-6-5-14-27(18-20)15-13-19-9-11-23(30-2)12-10-19/h4,7-12,16,20H,5-6,13-15,17-18H2,1-3H3/t20-/m0/s1. The molecule has 6 heteroatoms. The number of ether oxygens (including phenoxy) is 2. The fourth-order valence-corrected chi connectivity index (χ4v) is 4.17. The van der Waals surface area contributed by atoms with Crippen molar-refractivity contribution in [1.29, 1.82) is 0 Å². The summed E-state index contributed by atoms with van der Waals surface area (Å²) in [7, 11) is 4.86. The molecule has 2 aromatic rings. The van der Waals surface area contributed by atoms with Crippen molar-refractivity contribution in [1.82, 2.24) is 9.80 Å². The van der Waals surface area contributed by atoms with E-state index < -0.39 is 5.97 Å². The number of benzene rings is 2. The van der Waals surface area contributed by atoms with E-state index in [9.17, 15) is 9.59 Å². The van der Waals surface area contributed by atoms with Crippen LogP contribution < -0.4 is 4.74 Å². The third kappa shape index (κ3) is 6.31. The molecule has 166 valence electrons. The molecule has 0 spiro atoms. The molecule has 1 heterocycles. The molecule has 0 aliphatic carbocycles. The van der Waals surface area contributed by atoms with Crippen LogP contribution in [0.15, 0.2) is 48.5 Å². The lowest BCUT2D eigenvalue weighted by Crippen LogP contribution is -2.42. The van der Waals surface area contributed by atoms with Crippen molar-refractivity contribution >= 4 is 11.9 Å². The monoisotopic (exact) mass is 424 g/mol. The minimum Gasteiger partial charge on any atom is -0.497 e. The molecule has 1 aliphatic rings. The van der Waals surface area contributed by atoms with E-state index in [-0.39, 0.29) is 5.91 Å². The molecule has 2 aromatic carbocycles. The third-order valence-corrected chi connectivity index (χ3v) is 5.89. The predicted octanol–water partition coefficient (Wildman–Crippen LogP) is 3.51. The lowest BCUT2D eigenvalue weighted by atomic mass is 9.96. The molecule has 0 radical (unpaired) electrons. The van der Waals surface area contributed by atoms with Gasteiger partial charge in [0.2, 0.25) is 0 Å². The smallest absolute Gasteiger partial charge is 0.337 e. The van der Waals surface area contributed by atoms with Crippen LogP contribution in [0.5, 0.6) is 5.75 Å². The fraction of sp³-hybridized carbons (Fsp3) is 0.440. The van der Waals surface area contributed by atoms with Crippen molar-refractivity contribution in [2.45, 2.75) is 19.3 Å². The van der Waals surface area contributed by atoms with Gasteiger partial charge in [0.25, 0.3) is 5.91 Å². The zero-order valence-electron chi connectivity index (χ0n) is 18.7. The molecular formula is C25H32N2O4. The summed E-state index contributed by atoms with van der Waals surface area (Å²) in [6.07, 6.45) is 3.28. The van der Waals surface area contributed by atoms with Gasteiger partial charge in [0.1, 0.15) is 5.75 Å². The van der Waals surface area contributed by atoms with E-state index in [1.165, 1.54) is 12.7 Å². The van der Waals surface area contributed by atoms with E-state index in [0.29, 0.717) is 23.6 Å². The van der Waals surface area contributed by atoms with Crippen LogP contribution >= 0.6 is 0 Å². The van der Waals surface area contributed by atoms with Crippen LogP contribution in [-0.2, 0) is 11.2 Å². The highest BCUT2D eigenvalue weighted by molar-refractivity contribution is 5.97. The maximum atomic E-state index is 12.9. The summed E-state index contributed by atoms with van der Waals surface area (Å²) in [5.74, 6) is 0.826. The molecule has 1 aliphatic heterocycles. The van der Waals surface area contributed by atoms with Crippen molar-refractivity contribution in [3.63, 3.8) is 0 Å². The van der Waals surface area contributed by atoms with E-state index in [2.05, 4.69) is 17.0 Å². The highest BCUT2D eigenvalue weighted by Gasteiger charge is 2.23. The summed E-state index contributed by atoms with van der Waals surface area (Å²) in [5.41, 5.74) is 2.21. The van der Waals surface area contributed by atoms with Crippen LogP contribution in [-0.4, -0.2) is 69.1 Å². The maximum absolute atomic E-state index is 12.9. The number of hydrogen-bond acceptors (Lipinski definition) is 5. The Labute approximate surface area is 184 Å². The largest absolute Gasteiger partial charge is 0.497 e. The molecule has 31 heavy (non-hydrogen) atoms. The Morgan fingerprint density at radius 1 is 1.10 bits per heavy atom. The Morgan fingerprint density at radius 3 is 2.55 bits per heavy atom. The lowest BCUT2D eigenvalue weighted by Gasteiger charge is -2.34. The molecular weight excluding hydrogens is 392 g/mol. The molecule has 1 saturated heterocycles. The molecule has 3 rings (SSSR count). The van der Waals surface area contributed by atoms with Crippen molar-refractivity contribution < 1.29 is 19.1 Å². The zero-order chi connectivity index (χ0) is 22.2. The average molecular weight is 425 g/mol. The number of carbonyl (C=O) groups is 2. The Bertz CT molecular complexity index is 881. The van der Waals surface area contributed by atoms with Gasteiger partial charge in [-0.3, -0.25) is 4.79 Å². The summed E-state index contributed by atoms with van der Waals surface area (Å²) in [6, 6.07) is 15.0. The molecule has 0 N–H and O–H groups in total. The number of likely N-dealkylation sites (tertiary alicyclic amines) is 1. The lowest BCUT2D eigenvalue weighted by molar-refractivity contribution is 0.0600. The Hall–Kier alpha value is -2.86. The van der Waals surface area contributed by atoms with Crippen LogP contribution in [0.3, 0.4) is 0 Å². The van der Waals surface area contributed by atoms with Gasteiger partial charge >= 0.3 is 5.97 Å². The number of nitrogens with zero attached hydrogens (tertiary/aromatic N) is 2. The molecule has 0 bridgehead atoms. The average Bonchev–Trinajstić information content (AvgIpc) is 2.82. The van der Waals surface area contributed by atoms with Crippen LogP contribution in [0.1, 0.15) is 39.1 Å². The van der Waals surface area contributed by atoms with Crippen molar-refractivity contribution in [3.8, 4) is 5.75 Å². The minimum absolute atomic E-state index is 0.0684. The summed E-state index contributed by atoms with van der Waals surface area (Å²) in [5, 5.41) is 0. The molecule has 6 nitrogen and oxygen atoms in total. The first-order chi connectivity index (χ1) is 15.0. The van der Waals surface area contributed by atoms with Gasteiger partial charge in [-0.1, -0.05) is 18.2 Å². The SMILES string of the molecule is COC(=O)c1cccc(C(=O)N(C)C[C@@H]2CCCN(CCc3ccc(OC)cc3)C2)c1. The number of carbonyl (C=O) groups excluding carboxylic acids is 2. The van der Waals surface area contributed by atoms with Crippen LogP contribution in [0, 0.1) is 5.92 Å². The number of methoxy groups -OCH3 is 2. The number of esters is 1. The van der Waals surface area contributed by atoms with E-state index in [0.717, 1.165) is 44.6 Å². The van der Waals surface area contributed by atoms with Gasteiger partial charge in [0.05, 0.1) is 19.8 Å². The number of amides is 1. The highest BCUT2D eigenvalue weighted by Crippen LogP contribution is 2.20. The van der Waals surface area contributed by atoms with E-state index >= 15 is 0 Å². The highest BCUT2D eigenvalue weighted by atomic mass is 16.5. The summed E-state index contributed by atoms with van der Waals surface area (Å²) >= 11 is 0. The minimum atomic E-state index is -0.433. The number of rotatable bonds is 8. The van der Waals surface area contributed by atoms with Gasteiger partial charge < -0.3 is 19.3 Å². The zero-order valence-corrected chi connectivity index (χ0v) is 18.7. The first-order valence-electron chi connectivity index (χ1n) is 10.8. The Kier molecular flexibility index (Phi) is 8.06. The van der Waals surface area contributed by atoms with Gasteiger partial charge in [-0.15, -0.1) is 0 Å². The van der Waals surface area contributed by atoms with Crippen molar-refractivity contribution in [3.05, 3.63) is 65.2 Å². The topological polar surface area (TPSA) is 59.1 Å². The van der Waals surface area contributed by atoms with Gasteiger partial charge in [-0.2, -0.15) is 0 Å². The Balaban J connectivity index is 1.52. The third-order valence-electron chi connectivity index (χ3n) is 5.89. The maximum Gasteiger partial charge on any atom is 0.337 e. The normalized spacial score (nSPS) is 16.5. The molecule has 1 fully saturated rings. The van der Waals surface area contributed by atoms with Crippen LogP contribution in [0.25, 0.3) is 0 Å². The van der Waals surface area contributed by atoms with Gasteiger partial charge in [-0.05, 0) is 67.6 Å². The molecule has 0 unspecified atom stereocenters. The molecule has 0 saturated carbocycles. The van der Waals surface area contributed by atoms with Crippen LogP contribution in [0.4, 0.5) is 0 Å². The predicted molar refractivity (Wildman–Crippen MR) is 121 cm³/mol. The van der Waals surface area contributed by atoms with Crippen LogP contribution in [0.2, 0.25) is 0 Å². The van der Waals surface area contributed by atoms with Crippen molar-refractivity contribution in [2.75, 3.05) is 47.4 Å². The van der Waals surface area contributed by atoms with Gasteiger partial charge in [-0.25, -0.2) is 4.79 Å². The number of hydrogen-bond donors (Lipinski definition) is 0. The van der Waals surface area contributed by atoms with Gasteiger partial charge in [0.15, 0.2) is 0 Å². The first kappa shape index (κ1) is 22.8. The first-order valence-corrected chi connectivity index (χ1v) is 10.8. The Morgan fingerprint density at radius 2 is 1.84 bits per heavy atom. The summed E-state index contributed by atoms with van der Waals surface area (Å²) < 4.78 is 9.98. The molecule has 1 atom stereocenters. The second kappa shape index (κ2) is 11.0. The second-order valence-electron chi connectivity index (χ2n) is 8.16. The van der Waals surface area contributed by atoms with Gasteiger partial charge in [0, 0.05) is 32.2 Å².